The van der Waals surface area contributed by atoms with E-state index in [4.69, 9.17) is 0 Å². The molecule has 20 heavy (non-hydrogen) atoms. The zero-order chi connectivity index (χ0) is 15.0. The molecule has 0 aliphatic carbocycles. The van der Waals surface area contributed by atoms with Crippen LogP contribution in [-0.2, 0) is 11.7 Å². The van der Waals surface area contributed by atoms with Gasteiger partial charge in [-0.2, -0.15) is 13.2 Å². The zero-order valence-corrected chi connectivity index (χ0v) is 12.3. The second-order valence-corrected chi connectivity index (χ2v) is 6.02. The Hall–Kier alpha value is -1.03. The Morgan fingerprint density at radius 2 is 1.80 bits per heavy atom. The van der Waals surface area contributed by atoms with Gasteiger partial charge in [0.2, 0.25) is 0 Å². The molecule has 0 saturated carbocycles. The summed E-state index contributed by atoms with van der Waals surface area (Å²) in [4.78, 5) is 0. The largest absolute Gasteiger partial charge is 0.416 e. The van der Waals surface area contributed by atoms with E-state index in [1.807, 2.05) is 6.92 Å². The summed E-state index contributed by atoms with van der Waals surface area (Å²) < 4.78 is 38.5. The van der Waals surface area contributed by atoms with Gasteiger partial charge in [0.15, 0.2) is 0 Å². The van der Waals surface area contributed by atoms with Gasteiger partial charge >= 0.3 is 6.18 Å². The SMILES string of the molecule is CCC1(CC)CCC(C)(c2cccc(C(F)(F)F)c2)N1. The van der Waals surface area contributed by atoms with Crippen molar-refractivity contribution in [3.8, 4) is 0 Å². The van der Waals surface area contributed by atoms with E-state index in [2.05, 4.69) is 19.2 Å². The summed E-state index contributed by atoms with van der Waals surface area (Å²) in [5, 5.41) is 3.61. The quantitative estimate of drug-likeness (QED) is 0.836. The Balaban J connectivity index is 2.33. The van der Waals surface area contributed by atoms with Crippen molar-refractivity contribution >= 4 is 0 Å². The van der Waals surface area contributed by atoms with E-state index in [0.717, 1.165) is 37.3 Å². The maximum atomic E-state index is 12.8. The molecule has 1 aliphatic heterocycles. The van der Waals surface area contributed by atoms with Gasteiger partial charge in [0.25, 0.3) is 0 Å². The van der Waals surface area contributed by atoms with Crippen molar-refractivity contribution in [1.29, 1.82) is 0 Å². The number of nitrogens with one attached hydrogen (secondary N) is 1. The van der Waals surface area contributed by atoms with Crippen LogP contribution in [0.2, 0.25) is 0 Å². The molecule has 0 radical (unpaired) electrons. The Kier molecular flexibility index (Phi) is 3.89. The van der Waals surface area contributed by atoms with Crippen molar-refractivity contribution in [1.82, 2.24) is 5.32 Å². The molecular weight excluding hydrogens is 263 g/mol. The molecule has 1 aromatic rings. The fourth-order valence-electron chi connectivity index (χ4n) is 3.24. The normalized spacial score (nSPS) is 25.9. The number of benzene rings is 1. The van der Waals surface area contributed by atoms with Crippen LogP contribution in [-0.4, -0.2) is 5.54 Å². The monoisotopic (exact) mass is 285 g/mol. The van der Waals surface area contributed by atoms with Crippen LogP contribution < -0.4 is 5.32 Å². The van der Waals surface area contributed by atoms with E-state index >= 15 is 0 Å². The maximum Gasteiger partial charge on any atom is 0.416 e. The standard InChI is InChI=1S/C16H22F3N/c1-4-15(5-2)10-9-14(3,20-15)12-7-6-8-13(11-12)16(17,18)19/h6-8,11,20H,4-5,9-10H2,1-3H3. The Morgan fingerprint density at radius 3 is 2.30 bits per heavy atom. The molecule has 1 aromatic carbocycles. The van der Waals surface area contributed by atoms with E-state index in [0.29, 0.717) is 0 Å². The summed E-state index contributed by atoms with van der Waals surface area (Å²) in [6.45, 7) is 6.28. The molecule has 1 saturated heterocycles. The van der Waals surface area contributed by atoms with Gasteiger partial charge in [-0.25, -0.2) is 0 Å². The Morgan fingerprint density at radius 1 is 1.15 bits per heavy atom. The predicted molar refractivity (Wildman–Crippen MR) is 74.5 cm³/mol. The van der Waals surface area contributed by atoms with E-state index in [-0.39, 0.29) is 11.1 Å². The van der Waals surface area contributed by atoms with Crippen molar-refractivity contribution < 1.29 is 13.2 Å². The third kappa shape index (κ3) is 2.71. The first kappa shape index (κ1) is 15.4. The lowest BCUT2D eigenvalue weighted by Crippen LogP contribution is -2.46. The molecule has 0 spiro atoms. The van der Waals surface area contributed by atoms with Gasteiger partial charge in [0, 0.05) is 11.1 Å². The lowest BCUT2D eigenvalue weighted by molar-refractivity contribution is -0.137. The van der Waals surface area contributed by atoms with Gasteiger partial charge in [-0.1, -0.05) is 26.0 Å². The summed E-state index contributed by atoms with van der Waals surface area (Å²) in [6, 6.07) is 5.72. The second kappa shape index (κ2) is 5.06. The lowest BCUT2D eigenvalue weighted by Gasteiger charge is -2.33. The molecule has 1 fully saturated rings. The molecule has 0 aromatic heterocycles. The highest BCUT2D eigenvalue weighted by Crippen LogP contribution is 2.42. The zero-order valence-electron chi connectivity index (χ0n) is 12.3. The minimum absolute atomic E-state index is 0.0585. The summed E-state index contributed by atoms with van der Waals surface area (Å²) in [6.07, 6.45) is -0.406. The first-order chi connectivity index (χ1) is 9.25. The molecule has 0 bridgehead atoms. The molecule has 1 nitrogen and oxygen atoms in total. The lowest BCUT2D eigenvalue weighted by atomic mass is 9.89. The van der Waals surface area contributed by atoms with Crippen molar-refractivity contribution in [2.24, 2.45) is 0 Å². The predicted octanol–water partition coefficient (Wildman–Crippen LogP) is 4.86. The first-order valence-electron chi connectivity index (χ1n) is 7.22. The highest BCUT2D eigenvalue weighted by Gasteiger charge is 2.44. The number of halogens is 3. The topological polar surface area (TPSA) is 12.0 Å². The van der Waals surface area contributed by atoms with E-state index in [1.165, 1.54) is 12.1 Å². The number of rotatable bonds is 3. The van der Waals surface area contributed by atoms with Crippen molar-refractivity contribution in [3.05, 3.63) is 35.4 Å². The van der Waals surface area contributed by atoms with Crippen molar-refractivity contribution in [2.75, 3.05) is 0 Å². The molecule has 1 aliphatic rings. The van der Waals surface area contributed by atoms with Crippen LogP contribution in [0.1, 0.15) is 57.6 Å². The van der Waals surface area contributed by atoms with Crippen molar-refractivity contribution in [2.45, 2.75) is 63.7 Å². The summed E-state index contributed by atoms with van der Waals surface area (Å²) >= 11 is 0. The van der Waals surface area contributed by atoms with Gasteiger partial charge in [-0.15, -0.1) is 0 Å². The molecule has 4 heteroatoms. The smallest absolute Gasteiger partial charge is 0.302 e. The molecule has 0 amide bonds. The first-order valence-corrected chi connectivity index (χ1v) is 7.22. The van der Waals surface area contributed by atoms with Crippen LogP contribution in [0.25, 0.3) is 0 Å². The summed E-state index contributed by atoms with van der Waals surface area (Å²) in [5.41, 5.74) is -0.143. The highest BCUT2D eigenvalue weighted by atomic mass is 19.4. The fourth-order valence-corrected chi connectivity index (χ4v) is 3.24. The third-order valence-electron chi connectivity index (χ3n) is 4.83. The van der Waals surface area contributed by atoms with Crippen LogP contribution in [0.4, 0.5) is 13.2 Å². The fraction of sp³-hybridized carbons (Fsp3) is 0.625. The summed E-state index contributed by atoms with van der Waals surface area (Å²) in [7, 11) is 0. The number of alkyl halides is 3. The molecule has 1 heterocycles. The Labute approximate surface area is 118 Å². The summed E-state index contributed by atoms with van der Waals surface area (Å²) in [5.74, 6) is 0. The van der Waals surface area contributed by atoms with E-state index in [1.54, 1.807) is 6.07 Å². The van der Waals surface area contributed by atoms with Crippen LogP contribution >= 0.6 is 0 Å². The van der Waals surface area contributed by atoms with E-state index < -0.39 is 11.7 Å². The van der Waals surface area contributed by atoms with Gasteiger partial charge in [-0.05, 0) is 50.3 Å². The minimum atomic E-state index is -4.28. The van der Waals surface area contributed by atoms with Crippen LogP contribution in [0.5, 0.6) is 0 Å². The van der Waals surface area contributed by atoms with Gasteiger partial charge in [0.05, 0.1) is 5.56 Å². The molecule has 2 rings (SSSR count). The minimum Gasteiger partial charge on any atom is -0.302 e. The van der Waals surface area contributed by atoms with Crippen LogP contribution in [0, 0.1) is 0 Å². The molecule has 1 unspecified atom stereocenters. The van der Waals surface area contributed by atoms with E-state index in [9.17, 15) is 13.2 Å². The van der Waals surface area contributed by atoms with Crippen LogP contribution in [0.3, 0.4) is 0 Å². The second-order valence-electron chi connectivity index (χ2n) is 6.02. The third-order valence-corrected chi connectivity index (χ3v) is 4.83. The van der Waals surface area contributed by atoms with Crippen LogP contribution in [0.15, 0.2) is 24.3 Å². The molecule has 1 N–H and O–H groups in total. The maximum absolute atomic E-state index is 12.8. The Bertz CT molecular complexity index is 477. The highest BCUT2D eigenvalue weighted by molar-refractivity contribution is 5.32. The average Bonchev–Trinajstić information content (AvgIpc) is 2.78. The number of hydrogen-bond donors (Lipinski definition) is 1. The van der Waals surface area contributed by atoms with Gasteiger partial charge < -0.3 is 5.32 Å². The molecule has 112 valence electrons. The van der Waals surface area contributed by atoms with Gasteiger partial charge in [-0.3, -0.25) is 0 Å². The van der Waals surface area contributed by atoms with Crippen molar-refractivity contribution in [3.63, 3.8) is 0 Å². The van der Waals surface area contributed by atoms with Gasteiger partial charge in [0.1, 0.15) is 0 Å². The average molecular weight is 285 g/mol. The molecule has 1 atom stereocenters. The number of hydrogen-bond acceptors (Lipinski definition) is 1. The molecular formula is C16H22F3N.